The number of ether oxygens (including phenoxy) is 2. The molecule has 9 heteroatoms. The molecule has 3 fully saturated rings. The summed E-state index contributed by atoms with van der Waals surface area (Å²) in [5, 5.41) is 14.1. The van der Waals surface area contributed by atoms with Crippen LogP contribution in [0.1, 0.15) is 56.4 Å². The van der Waals surface area contributed by atoms with E-state index < -0.39 is 0 Å². The van der Waals surface area contributed by atoms with Gasteiger partial charge in [0.25, 0.3) is 0 Å². The lowest BCUT2D eigenvalue weighted by Gasteiger charge is -2.27. The van der Waals surface area contributed by atoms with Crippen molar-refractivity contribution in [2.24, 2.45) is 0 Å². The lowest BCUT2D eigenvalue weighted by molar-refractivity contribution is -0.126. The number of fused-ring (bicyclic) bond motifs is 1. The predicted octanol–water partition coefficient (Wildman–Crippen LogP) is 2.24. The third-order valence-electron chi connectivity index (χ3n) is 6.87. The molecule has 0 radical (unpaired) electrons. The van der Waals surface area contributed by atoms with Gasteiger partial charge < -0.3 is 24.8 Å². The Hall–Kier alpha value is -2.52. The van der Waals surface area contributed by atoms with Crippen LogP contribution < -0.4 is 10.1 Å². The number of nitrogens with one attached hydrogen (secondary N) is 1. The minimum atomic E-state index is -0.217. The van der Waals surface area contributed by atoms with Gasteiger partial charge in [-0.25, -0.2) is 15.0 Å². The molecule has 4 heterocycles. The molecule has 0 bridgehead atoms. The molecule has 2 N–H and O–H groups in total. The van der Waals surface area contributed by atoms with Crippen molar-refractivity contribution in [1.29, 1.82) is 0 Å². The van der Waals surface area contributed by atoms with E-state index in [2.05, 4.69) is 15.3 Å². The number of aliphatic hydroxyl groups is 1. The highest BCUT2D eigenvalue weighted by atomic mass is 16.5. The van der Waals surface area contributed by atoms with E-state index in [1.807, 2.05) is 13.2 Å². The number of amides is 1. The van der Waals surface area contributed by atoms with Gasteiger partial charge in [0, 0.05) is 50.8 Å². The number of pyridine rings is 1. The van der Waals surface area contributed by atoms with Gasteiger partial charge in [-0.3, -0.25) is 4.79 Å². The quantitative estimate of drug-likeness (QED) is 0.727. The third-order valence-corrected chi connectivity index (χ3v) is 6.87. The van der Waals surface area contributed by atoms with Crippen LogP contribution in [0.25, 0.3) is 10.9 Å². The second-order valence-corrected chi connectivity index (χ2v) is 9.23. The first kappa shape index (κ1) is 21.3. The Balaban J connectivity index is 1.46. The van der Waals surface area contributed by atoms with Crippen molar-refractivity contribution in [3.05, 3.63) is 18.0 Å². The van der Waals surface area contributed by atoms with Crippen molar-refractivity contribution < 1.29 is 19.4 Å². The molecule has 9 nitrogen and oxygen atoms in total. The number of anilines is 1. The first-order chi connectivity index (χ1) is 15.6. The Labute approximate surface area is 187 Å². The number of hydrogen-bond acceptors (Lipinski definition) is 8. The number of aromatic nitrogens is 3. The van der Waals surface area contributed by atoms with Gasteiger partial charge in [-0.2, -0.15) is 0 Å². The molecule has 0 unspecified atom stereocenters. The largest absolute Gasteiger partial charge is 0.474 e. The lowest BCUT2D eigenvalue weighted by Crippen LogP contribution is -2.26. The SMILES string of the molecule is CN1C[C@H](Nc2ncc3c(OC4CCOCC4)ncc(C4CCC(O)CC4)c3n2)CC1=O. The van der Waals surface area contributed by atoms with E-state index in [0.717, 1.165) is 55.0 Å². The molecule has 1 saturated carbocycles. The number of likely N-dealkylation sites (N-methyl/N-ethyl adjacent to an activating group) is 1. The molecule has 0 spiro atoms. The van der Waals surface area contributed by atoms with E-state index in [-0.39, 0.29) is 24.2 Å². The maximum atomic E-state index is 11.9. The van der Waals surface area contributed by atoms with Crippen molar-refractivity contribution in [1.82, 2.24) is 19.9 Å². The summed E-state index contributed by atoms with van der Waals surface area (Å²) in [6.45, 7) is 2.04. The minimum absolute atomic E-state index is 0.00183. The summed E-state index contributed by atoms with van der Waals surface area (Å²) in [7, 11) is 1.81. The summed E-state index contributed by atoms with van der Waals surface area (Å²) in [6.07, 6.45) is 9.07. The van der Waals surface area contributed by atoms with E-state index >= 15 is 0 Å². The zero-order valence-corrected chi connectivity index (χ0v) is 18.5. The van der Waals surface area contributed by atoms with Crippen molar-refractivity contribution in [2.45, 2.75) is 69.1 Å². The maximum absolute atomic E-state index is 11.9. The van der Waals surface area contributed by atoms with Gasteiger partial charge in [0.1, 0.15) is 6.10 Å². The van der Waals surface area contributed by atoms with Crippen molar-refractivity contribution >= 4 is 22.8 Å². The van der Waals surface area contributed by atoms with Crippen LogP contribution in [-0.2, 0) is 9.53 Å². The summed E-state index contributed by atoms with van der Waals surface area (Å²) >= 11 is 0. The molecular weight excluding hydrogens is 410 g/mol. The van der Waals surface area contributed by atoms with Crippen molar-refractivity contribution in [3.8, 4) is 5.88 Å². The maximum Gasteiger partial charge on any atom is 0.224 e. The van der Waals surface area contributed by atoms with Crippen molar-refractivity contribution in [3.63, 3.8) is 0 Å². The normalized spacial score (nSPS) is 27.1. The molecule has 1 atom stereocenters. The van der Waals surface area contributed by atoms with Crippen LogP contribution in [0, 0.1) is 0 Å². The third kappa shape index (κ3) is 4.49. The summed E-state index contributed by atoms with van der Waals surface area (Å²) < 4.78 is 11.7. The number of hydrogen-bond donors (Lipinski definition) is 2. The predicted molar refractivity (Wildman–Crippen MR) is 119 cm³/mol. The molecule has 32 heavy (non-hydrogen) atoms. The van der Waals surface area contributed by atoms with E-state index in [1.165, 1.54) is 0 Å². The number of aliphatic hydroxyl groups excluding tert-OH is 1. The Bertz CT molecular complexity index is 972. The van der Waals surface area contributed by atoms with Crippen LogP contribution in [-0.4, -0.2) is 75.9 Å². The van der Waals surface area contributed by atoms with Crippen LogP contribution in [0.4, 0.5) is 5.95 Å². The second-order valence-electron chi connectivity index (χ2n) is 9.23. The molecule has 5 rings (SSSR count). The van der Waals surface area contributed by atoms with Gasteiger partial charge in [-0.15, -0.1) is 0 Å². The van der Waals surface area contributed by atoms with Crippen LogP contribution in [0.5, 0.6) is 5.88 Å². The first-order valence-corrected chi connectivity index (χ1v) is 11.7. The Morgan fingerprint density at radius 3 is 2.62 bits per heavy atom. The highest BCUT2D eigenvalue weighted by molar-refractivity contribution is 5.87. The smallest absolute Gasteiger partial charge is 0.224 e. The minimum Gasteiger partial charge on any atom is -0.474 e. The molecule has 2 aliphatic heterocycles. The molecule has 1 amide bonds. The molecule has 1 aliphatic carbocycles. The molecule has 0 aromatic carbocycles. The fourth-order valence-corrected chi connectivity index (χ4v) is 4.96. The highest BCUT2D eigenvalue weighted by Crippen LogP contribution is 2.38. The molecule has 172 valence electrons. The summed E-state index contributed by atoms with van der Waals surface area (Å²) in [6, 6.07) is -0.00183. The van der Waals surface area contributed by atoms with Crippen LogP contribution in [0.3, 0.4) is 0 Å². The zero-order valence-electron chi connectivity index (χ0n) is 18.5. The lowest BCUT2D eigenvalue weighted by atomic mass is 9.83. The summed E-state index contributed by atoms with van der Waals surface area (Å²) in [4.78, 5) is 27.7. The zero-order chi connectivity index (χ0) is 22.1. The van der Waals surface area contributed by atoms with Gasteiger partial charge in [0.2, 0.25) is 17.7 Å². The second kappa shape index (κ2) is 9.15. The molecule has 2 aromatic heterocycles. The summed E-state index contributed by atoms with van der Waals surface area (Å²) in [5.41, 5.74) is 1.93. The monoisotopic (exact) mass is 441 g/mol. The first-order valence-electron chi connectivity index (χ1n) is 11.7. The number of carbonyl (C=O) groups is 1. The van der Waals surface area contributed by atoms with Gasteiger partial charge in [0.05, 0.1) is 36.3 Å². The summed E-state index contributed by atoms with van der Waals surface area (Å²) in [5.74, 6) is 1.51. The molecule has 2 saturated heterocycles. The van der Waals surface area contributed by atoms with Gasteiger partial charge in [-0.05, 0) is 31.6 Å². The molecule has 2 aromatic rings. The fraction of sp³-hybridized carbons (Fsp3) is 0.652. The van der Waals surface area contributed by atoms with E-state index in [4.69, 9.17) is 14.5 Å². The van der Waals surface area contributed by atoms with E-state index in [0.29, 0.717) is 43.9 Å². The van der Waals surface area contributed by atoms with E-state index in [9.17, 15) is 9.90 Å². The van der Waals surface area contributed by atoms with Crippen molar-refractivity contribution in [2.75, 3.05) is 32.1 Å². The number of rotatable bonds is 5. The van der Waals surface area contributed by atoms with Crippen LogP contribution in [0.15, 0.2) is 12.4 Å². The van der Waals surface area contributed by atoms with Gasteiger partial charge in [-0.1, -0.05) is 0 Å². The highest BCUT2D eigenvalue weighted by Gasteiger charge is 2.29. The number of carbonyl (C=O) groups excluding carboxylic acids is 1. The number of nitrogens with zero attached hydrogens (tertiary/aromatic N) is 4. The Morgan fingerprint density at radius 2 is 1.91 bits per heavy atom. The Morgan fingerprint density at radius 1 is 1.12 bits per heavy atom. The van der Waals surface area contributed by atoms with Gasteiger partial charge >= 0.3 is 0 Å². The van der Waals surface area contributed by atoms with Gasteiger partial charge in [0.15, 0.2) is 0 Å². The standard InChI is InChI=1S/C23H31N5O4/c1-28-13-15(10-20(28)30)26-23-25-12-19-21(27-23)18(14-2-4-16(29)5-3-14)11-24-22(19)32-17-6-8-31-9-7-17/h11-12,14-17,29H,2-10,13H2,1H3,(H,25,26,27)/t14?,15-,16?/m1/s1. The number of likely N-dealkylation sites (tertiary alicyclic amines) is 1. The topological polar surface area (TPSA) is 110 Å². The average molecular weight is 442 g/mol. The fourth-order valence-electron chi connectivity index (χ4n) is 4.96. The van der Waals surface area contributed by atoms with E-state index in [1.54, 1.807) is 11.1 Å². The molecule has 3 aliphatic rings. The van der Waals surface area contributed by atoms with Crippen LogP contribution >= 0.6 is 0 Å². The molecular formula is C23H31N5O4. The van der Waals surface area contributed by atoms with Crippen LogP contribution in [0.2, 0.25) is 0 Å². The average Bonchev–Trinajstić information content (AvgIpc) is 3.12. The Kier molecular flexibility index (Phi) is 6.10.